The lowest BCUT2D eigenvalue weighted by molar-refractivity contribution is 0.590. The summed E-state index contributed by atoms with van der Waals surface area (Å²) in [5.74, 6) is 0.847. The first-order valence-corrected chi connectivity index (χ1v) is 8.96. The van der Waals surface area contributed by atoms with Crippen molar-refractivity contribution in [3.05, 3.63) is 71.7 Å². The van der Waals surface area contributed by atoms with Crippen LogP contribution >= 0.6 is 0 Å². The number of hydrogen-bond acceptors (Lipinski definition) is 5. The maximum atomic E-state index is 12.9. The van der Waals surface area contributed by atoms with Gasteiger partial charge in [0.25, 0.3) is 0 Å². The van der Waals surface area contributed by atoms with Gasteiger partial charge >= 0.3 is 0 Å². The lowest BCUT2D eigenvalue weighted by Gasteiger charge is -2.19. The Morgan fingerprint density at radius 3 is 2.33 bits per heavy atom. The number of nitrogens with zero attached hydrogens (tertiary/aromatic N) is 3. The van der Waals surface area contributed by atoms with Gasteiger partial charge in [-0.2, -0.15) is 10.1 Å². The standard InChI is InChI=1S/C21H24FN5/c1-21(2,3)16-6-10-18(11-7-16)25-19-14-24-27-20(26-19)23-13-12-15-4-8-17(22)9-5-15/h4-11,14H,12-13H2,1-3H3,(H2,23,25,26,27). The quantitative estimate of drug-likeness (QED) is 0.663. The van der Waals surface area contributed by atoms with E-state index in [-0.39, 0.29) is 11.2 Å². The highest BCUT2D eigenvalue weighted by molar-refractivity contribution is 5.56. The van der Waals surface area contributed by atoms with Crippen molar-refractivity contribution in [1.82, 2.24) is 15.2 Å². The Kier molecular flexibility index (Phi) is 5.64. The number of hydrogen-bond donors (Lipinski definition) is 2. The number of aromatic nitrogens is 3. The van der Waals surface area contributed by atoms with Crippen molar-refractivity contribution in [3.63, 3.8) is 0 Å². The maximum absolute atomic E-state index is 12.9. The Morgan fingerprint density at radius 1 is 0.963 bits per heavy atom. The highest BCUT2D eigenvalue weighted by Gasteiger charge is 2.12. The fourth-order valence-electron chi connectivity index (χ4n) is 2.61. The molecular formula is C21H24FN5. The van der Waals surface area contributed by atoms with Crippen molar-refractivity contribution >= 4 is 17.5 Å². The molecule has 0 aliphatic heterocycles. The van der Waals surface area contributed by atoms with Gasteiger partial charge in [-0.25, -0.2) is 4.39 Å². The molecule has 0 saturated carbocycles. The molecule has 0 bridgehead atoms. The van der Waals surface area contributed by atoms with E-state index < -0.39 is 0 Å². The van der Waals surface area contributed by atoms with Crippen molar-refractivity contribution in [1.29, 1.82) is 0 Å². The molecule has 0 unspecified atom stereocenters. The van der Waals surface area contributed by atoms with Crippen LogP contribution in [0.3, 0.4) is 0 Å². The molecular weight excluding hydrogens is 341 g/mol. The first-order chi connectivity index (χ1) is 12.9. The normalized spacial score (nSPS) is 11.3. The second-order valence-electron chi connectivity index (χ2n) is 7.42. The predicted molar refractivity (Wildman–Crippen MR) is 107 cm³/mol. The van der Waals surface area contributed by atoms with E-state index in [0.717, 1.165) is 17.7 Å². The molecule has 3 rings (SSSR count). The van der Waals surface area contributed by atoms with Crippen LogP contribution in [0.2, 0.25) is 0 Å². The van der Waals surface area contributed by atoms with Crippen LogP contribution in [0.1, 0.15) is 31.9 Å². The second kappa shape index (κ2) is 8.12. The number of rotatable bonds is 6. The number of halogens is 1. The van der Waals surface area contributed by atoms with Gasteiger partial charge in [-0.15, -0.1) is 5.10 Å². The number of anilines is 3. The van der Waals surface area contributed by atoms with Gasteiger partial charge in [0.05, 0.1) is 6.20 Å². The summed E-state index contributed by atoms with van der Waals surface area (Å²) in [5, 5.41) is 14.4. The summed E-state index contributed by atoms with van der Waals surface area (Å²) in [6, 6.07) is 14.8. The second-order valence-corrected chi connectivity index (χ2v) is 7.42. The zero-order valence-corrected chi connectivity index (χ0v) is 15.8. The minimum atomic E-state index is -0.228. The molecule has 0 radical (unpaired) electrons. The summed E-state index contributed by atoms with van der Waals surface area (Å²) in [6.07, 6.45) is 2.33. The Hall–Kier alpha value is -3.02. The molecule has 0 saturated heterocycles. The van der Waals surface area contributed by atoms with Crippen molar-refractivity contribution in [3.8, 4) is 0 Å². The molecule has 0 aliphatic rings. The Bertz CT molecular complexity index is 870. The topological polar surface area (TPSA) is 62.7 Å². The molecule has 1 aromatic heterocycles. The van der Waals surface area contributed by atoms with E-state index in [1.54, 1.807) is 18.3 Å². The summed E-state index contributed by atoms with van der Waals surface area (Å²) >= 11 is 0. The van der Waals surface area contributed by atoms with Crippen molar-refractivity contribution in [2.45, 2.75) is 32.6 Å². The van der Waals surface area contributed by atoms with E-state index in [2.05, 4.69) is 58.7 Å². The third-order valence-corrected chi connectivity index (χ3v) is 4.19. The van der Waals surface area contributed by atoms with Gasteiger partial charge in [0.1, 0.15) is 5.82 Å². The van der Waals surface area contributed by atoms with Gasteiger partial charge in [0.15, 0.2) is 5.82 Å². The van der Waals surface area contributed by atoms with E-state index in [9.17, 15) is 4.39 Å². The molecule has 140 valence electrons. The average Bonchev–Trinajstić information content (AvgIpc) is 2.63. The predicted octanol–water partition coefficient (Wildman–Crippen LogP) is 4.71. The van der Waals surface area contributed by atoms with E-state index in [0.29, 0.717) is 18.3 Å². The Labute approximate surface area is 159 Å². The van der Waals surface area contributed by atoms with Crippen LogP contribution < -0.4 is 10.6 Å². The zero-order valence-electron chi connectivity index (χ0n) is 15.8. The van der Waals surface area contributed by atoms with E-state index >= 15 is 0 Å². The van der Waals surface area contributed by atoms with Crippen LogP contribution in [0.5, 0.6) is 0 Å². The minimum Gasteiger partial charge on any atom is -0.353 e. The van der Waals surface area contributed by atoms with Gasteiger partial charge in [0, 0.05) is 12.2 Å². The molecule has 0 fully saturated rings. The molecule has 0 amide bonds. The molecule has 0 atom stereocenters. The molecule has 1 heterocycles. The third kappa shape index (κ3) is 5.48. The third-order valence-electron chi connectivity index (χ3n) is 4.19. The maximum Gasteiger partial charge on any atom is 0.244 e. The SMILES string of the molecule is CC(C)(C)c1ccc(Nc2cnnc(NCCc3ccc(F)cc3)n2)cc1. The van der Waals surface area contributed by atoms with E-state index in [1.165, 1.54) is 17.7 Å². The van der Waals surface area contributed by atoms with Gasteiger partial charge in [-0.05, 0) is 47.2 Å². The van der Waals surface area contributed by atoms with Crippen LogP contribution in [-0.2, 0) is 11.8 Å². The highest BCUT2D eigenvalue weighted by atomic mass is 19.1. The summed E-state index contributed by atoms with van der Waals surface area (Å²) in [4.78, 5) is 4.43. The fourth-order valence-corrected chi connectivity index (χ4v) is 2.61. The van der Waals surface area contributed by atoms with Crippen molar-refractivity contribution < 1.29 is 4.39 Å². The summed E-state index contributed by atoms with van der Waals surface area (Å²) < 4.78 is 12.9. The van der Waals surface area contributed by atoms with Gasteiger partial charge in [-0.3, -0.25) is 0 Å². The number of nitrogens with one attached hydrogen (secondary N) is 2. The number of benzene rings is 2. The Balaban J connectivity index is 1.57. The molecule has 2 aromatic carbocycles. The van der Waals surface area contributed by atoms with E-state index in [4.69, 9.17) is 0 Å². The molecule has 5 nitrogen and oxygen atoms in total. The smallest absolute Gasteiger partial charge is 0.244 e. The van der Waals surface area contributed by atoms with Crippen molar-refractivity contribution in [2.24, 2.45) is 0 Å². The monoisotopic (exact) mass is 365 g/mol. The fraction of sp³-hybridized carbons (Fsp3) is 0.286. The average molecular weight is 365 g/mol. The molecule has 27 heavy (non-hydrogen) atoms. The van der Waals surface area contributed by atoms with Crippen LogP contribution in [0.15, 0.2) is 54.7 Å². The molecule has 0 spiro atoms. The molecule has 2 N–H and O–H groups in total. The summed E-state index contributed by atoms with van der Waals surface area (Å²) in [7, 11) is 0. The largest absolute Gasteiger partial charge is 0.353 e. The first kappa shape index (κ1) is 18.8. The van der Waals surface area contributed by atoms with Crippen LogP contribution in [0, 0.1) is 5.82 Å². The molecule has 0 aliphatic carbocycles. The molecule has 6 heteroatoms. The molecule has 3 aromatic rings. The Morgan fingerprint density at radius 2 is 1.67 bits per heavy atom. The lowest BCUT2D eigenvalue weighted by atomic mass is 9.87. The van der Waals surface area contributed by atoms with Crippen molar-refractivity contribution in [2.75, 3.05) is 17.2 Å². The summed E-state index contributed by atoms with van der Waals surface area (Å²) in [6.45, 7) is 7.20. The first-order valence-electron chi connectivity index (χ1n) is 8.96. The van der Waals surface area contributed by atoms with Gasteiger partial charge in [0.2, 0.25) is 5.95 Å². The van der Waals surface area contributed by atoms with Crippen LogP contribution in [0.4, 0.5) is 21.8 Å². The van der Waals surface area contributed by atoms with E-state index in [1.807, 2.05) is 12.1 Å². The minimum absolute atomic E-state index is 0.122. The summed E-state index contributed by atoms with van der Waals surface area (Å²) in [5.41, 5.74) is 3.39. The zero-order chi connectivity index (χ0) is 19.3. The van der Waals surface area contributed by atoms with Gasteiger partial charge in [-0.1, -0.05) is 45.0 Å². The van der Waals surface area contributed by atoms with Gasteiger partial charge < -0.3 is 10.6 Å². The van der Waals surface area contributed by atoms with Crippen LogP contribution in [-0.4, -0.2) is 21.7 Å². The highest BCUT2D eigenvalue weighted by Crippen LogP contribution is 2.24. The lowest BCUT2D eigenvalue weighted by Crippen LogP contribution is -2.11. The van der Waals surface area contributed by atoms with Crippen LogP contribution in [0.25, 0.3) is 0 Å².